The number of fused-ring (bicyclic) bond motifs is 7. The van der Waals surface area contributed by atoms with Gasteiger partial charge < -0.3 is 35.5 Å². The van der Waals surface area contributed by atoms with Crippen LogP contribution in [0.5, 0.6) is 17.2 Å². The van der Waals surface area contributed by atoms with E-state index in [9.17, 15) is 19.2 Å². The highest BCUT2D eigenvalue weighted by atomic mass is 16.7. The van der Waals surface area contributed by atoms with Crippen molar-refractivity contribution in [3.05, 3.63) is 222 Å². The van der Waals surface area contributed by atoms with Gasteiger partial charge in [0.25, 0.3) is 11.8 Å². The van der Waals surface area contributed by atoms with Crippen molar-refractivity contribution >= 4 is 29.2 Å². The molecule has 0 radical (unpaired) electrons. The lowest BCUT2D eigenvalue weighted by Gasteiger charge is -2.47. The Hall–Kier alpha value is -7.90. The molecule has 7 aromatic carbocycles. The Kier molecular flexibility index (Phi) is 72.6. The molecule has 7 aromatic rings. The maximum atomic E-state index is 11.3. The summed E-state index contributed by atoms with van der Waals surface area (Å²) >= 11 is 0. The molecule has 0 bridgehead atoms. The van der Waals surface area contributed by atoms with Crippen molar-refractivity contribution in [1.29, 1.82) is 0 Å². The average molecular weight is 1910 g/mol. The summed E-state index contributed by atoms with van der Waals surface area (Å²) in [6.45, 7) is 92.0. The third-order valence-electron chi connectivity index (χ3n) is 25.9. The first kappa shape index (κ1) is 132. The van der Waals surface area contributed by atoms with Crippen LogP contribution in [0, 0.1) is 35.0 Å². The first-order valence-corrected chi connectivity index (χ1v) is 55.9. The van der Waals surface area contributed by atoms with Gasteiger partial charge in [-0.15, -0.1) is 0 Å². The van der Waals surface area contributed by atoms with Crippen molar-refractivity contribution in [3.63, 3.8) is 0 Å². The Morgan fingerprint density at radius 2 is 0.703 bits per heavy atom. The van der Waals surface area contributed by atoms with E-state index in [1.54, 1.807) is 34.4 Å². The minimum Gasteiger partial charge on any atom is -0.493 e. The molecule has 4 aliphatic carbocycles. The number of piperidine rings is 1. The van der Waals surface area contributed by atoms with E-state index in [0.29, 0.717) is 84.4 Å². The van der Waals surface area contributed by atoms with Gasteiger partial charge in [-0.3, -0.25) is 24.5 Å². The van der Waals surface area contributed by atoms with Gasteiger partial charge in [0.1, 0.15) is 11.5 Å². The third kappa shape index (κ3) is 46.4. The van der Waals surface area contributed by atoms with E-state index in [0.717, 1.165) is 88.1 Å². The molecule has 1 saturated carbocycles. The van der Waals surface area contributed by atoms with E-state index < -0.39 is 0 Å². The monoisotopic (exact) mass is 1910 g/mol. The molecule has 1 unspecified atom stereocenters. The minimum absolute atomic E-state index is 0.107. The molecule has 18 rings (SSSR count). The zero-order valence-electron chi connectivity index (χ0n) is 96.4. The Morgan fingerprint density at radius 3 is 1.16 bits per heavy atom. The van der Waals surface area contributed by atoms with Crippen LogP contribution in [0.3, 0.4) is 0 Å². The van der Waals surface area contributed by atoms with Crippen molar-refractivity contribution < 1.29 is 33.4 Å². The van der Waals surface area contributed by atoms with Crippen molar-refractivity contribution in [1.82, 2.24) is 21.3 Å². The number of amides is 3. The summed E-state index contributed by atoms with van der Waals surface area (Å²) in [4.78, 5) is 44.8. The summed E-state index contributed by atoms with van der Waals surface area (Å²) in [6.07, 6.45) is 23.5. The number of carbonyl (C=O) groups excluding carboxylic acids is 4. The fourth-order valence-electron chi connectivity index (χ4n) is 17.5. The van der Waals surface area contributed by atoms with Gasteiger partial charge >= 0.3 is 0 Å². The molecule has 138 heavy (non-hydrogen) atoms. The maximum Gasteiger partial charge on any atom is 0.258 e. The van der Waals surface area contributed by atoms with E-state index in [1.165, 1.54) is 179 Å². The number of hydrogen-bond acceptors (Lipinski definition) is 10. The zero-order chi connectivity index (χ0) is 105. The molecular formula is C126H211N5O7. The lowest BCUT2D eigenvalue weighted by molar-refractivity contribution is -0.117. The number of aryl methyl sites for hydroxylation is 5. The van der Waals surface area contributed by atoms with E-state index in [2.05, 4.69) is 256 Å². The van der Waals surface area contributed by atoms with Crippen molar-refractivity contribution in [2.45, 2.75) is 446 Å². The van der Waals surface area contributed by atoms with Gasteiger partial charge in [-0.1, -0.05) is 368 Å². The summed E-state index contributed by atoms with van der Waals surface area (Å²) < 4.78 is 16.1. The number of carbonyl (C=O) groups is 4. The highest BCUT2D eigenvalue weighted by molar-refractivity contribution is 6.21. The number of imide groups is 1. The van der Waals surface area contributed by atoms with Crippen LogP contribution in [0.2, 0.25) is 0 Å². The molecule has 1 spiro atoms. The summed E-state index contributed by atoms with van der Waals surface area (Å²) in [5, 5.41) is 15.4. The first-order valence-electron chi connectivity index (χ1n) is 55.9. The Labute approximate surface area is 850 Å². The molecule has 12 heteroatoms. The summed E-state index contributed by atoms with van der Waals surface area (Å²) in [5.74, 6) is 11.3. The molecule has 7 aliphatic heterocycles. The number of hydrogen-bond donors (Lipinski definition) is 5. The molecular weight excluding hydrogens is 1700 g/mol. The predicted octanol–water partition coefficient (Wildman–Crippen LogP) is 34.5. The highest BCUT2D eigenvalue weighted by Crippen LogP contribution is 2.52. The Balaban J connectivity index is 0. The van der Waals surface area contributed by atoms with Gasteiger partial charge in [0.15, 0.2) is 11.5 Å². The van der Waals surface area contributed by atoms with Gasteiger partial charge in [0.05, 0.1) is 24.2 Å². The summed E-state index contributed by atoms with van der Waals surface area (Å²) in [6, 6.07) is 45.6. The van der Waals surface area contributed by atoms with Crippen LogP contribution in [-0.4, -0.2) is 75.7 Å². The SMILES string of the molecule is CC.CC.CC.CC.CC.CC.CC.CC.CC.CC.CC(C)C1CC2(CCNC2)C1.CC(C)C1CCCN1.CC(C)C1CCNCC1.CC(C)c1ccc2c(c1)C(=O)NC2=O.CC(C)c1ccc2c(c1)CC(=O)C2.CC(C)c1ccc2c(c1)CCC2.CC(C)c1ccc2c(c1)CCCC2.CC(C)c1ccc2c(c1)NC(=O)C2.CC(C)c1ccc2c(c1)OCCC2.CC(C)c1ccc2c(c1)OCO2. The molecule has 11 aliphatic rings. The summed E-state index contributed by atoms with van der Waals surface area (Å²) in [7, 11) is 0. The second-order valence-electron chi connectivity index (χ2n) is 38.4. The molecule has 12 nitrogen and oxygen atoms in total. The highest BCUT2D eigenvalue weighted by Gasteiger charge is 2.46. The van der Waals surface area contributed by atoms with E-state index in [1.807, 2.05) is 163 Å². The fourth-order valence-corrected chi connectivity index (χ4v) is 17.5. The summed E-state index contributed by atoms with van der Waals surface area (Å²) in [5.41, 5.74) is 23.5. The molecule has 3 amide bonds. The first-order chi connectivity index (χ1) is 66.3. The van der Waals surface area contributed by atoms with Crippen LogP contribution < -0.4 is 40.8 Å². The van der Waals surface area contributed by atoms with Gasteiger partial charge in [-0.25, -0.2) is 0 Å². The quantitative estimate of drug-likeness (QED) is 0.0836. The van der Waals surface area contributed by atoms with E-state index >= 15 is 0 Å². The van der Waals surface area contributed by atoms with Crippen molar-refractivity contribution in [3.8, 4) is 17.2 Å². The average Bonchev–Trinajstić information content (AvgIpc) is 1.59. The van der Waals surface area contributed by atoms with Crippen LogP contribution in [-0.2, 0) is 61.0 Å². The number of ketones is 1. The number of anilines is 1. The molecule has 1 atom stereocenters. The largest absolute Gasteiger partial charge is 0.493 e. The molecule has 5 N–H and O–H groups in total. The predicted molar refractivity (Wildman–Crippen MR) is 606 cm³/mol. The topological polar surface area (TPSA) is 156 Å². The molecule has 0 aromatic heterocycles. The van der Waals surface area contributed by atoms with Crippen molar-refractivity contribution in [2.75, 3.05) is 51.4 Å². The van der Waals surface area contributed by atoms with Crippen LogP contribution in [0.15, 0.2) is 127 Å². The standard InChI is InChI=1S/C13H18.C12H14O.C12H16O.C12H16.C11H11NO2.C11H13NO.C10H19N.C10H12O2.C8H17N.C7H15N.10C2H6/c1-10(2)12-8-7-11-5-3-4-6-13(11)9-12;1-8(2)9-3-4-10-6-12(13)7-11(10)5-9;1-9(2)11-6-5-10-4-3-7-13-12(10)8-11;1-9(2)11-7-6-10-4-3-5-12(10)8-11;1-6(2)7-3-4-8-9(5-7)11(14)12-10(8)13;1-7(2)8-3-4-9-6-11(13)12-10(9)5-8;1-8(2)9-5-10(6-9)3-4-11-7-10;1-7(2)8-3-4-9-10(5-8)12-6-11-9;1-7(2)8-3-5-9-6-4-8;1-6(2)7-4-3-5-8-7;10*1-2/h7-10H,3-6H2,1-2H3;3-5,8H,6-7H2,1-2H3;5-6,8-9H,3-4,7H2,1-2H3;6-9H,3-5H2,1-2H3;3-6H,1-2H3,(H,12,13,14);3-5,7H,6H2,1-2H3,(H,12,13);8-9,11H,3-7H2,1-2H3;3-5,7H,6H2,1-2H3;7-9H,3-6H2,1-2H3;6-8H,3-5H2,1-2H3;10*1-2H3. The Bertz CT molecular complexity index is 4170. The van der Waals surface area contributed by atoms with Gasteiger partial charge in [0, 0.05) is 31.1 Å². The van der Waals surface area contributed by atoms with Crippen LogP contribution in [0.4, 0.5) is 5.69 Å². The van der Waals surface area contributed by atoms with Gasteiger partial charge in [-0.05, 0) is 325 Å². The molecule has 782 valence electrons. The lowest BCUT2D eigenvalue weighted by Crippen LogP contribution is -2.41. The number of nitrogens with one attached hydrogen (secondary N) is 5. The van der Waals surface area contributed by atoms with Gasteiger partial charge in [0.2, 0.25) is 12.7 Å². The molecule has 3 saturated heterocycles. The van der Waals surface area contributed by atoms with E-state index in [-0.39, 0.29) is 17.7 Å². The number of rotatable bonds is 10. The normalized spacial score (nSPS) is 16.9. The maximum absolute atomic E-state index is 11.3. The lowest BCUT2D eigenvalue weighted by atomic mass is 9.58. The molecule has 7 heterocycles. The van der Waals surface area contributed by atoms with Crippen LogP contribution in [0.25, 0.3) is 0 Å². The smallest absolute Gasteiger partial charge is 0.258 e. The van der Waals surface area contributed by atoms with Crippen molar-refractivity contribution in [2.24, 2.45) is 35.0 Å². The van der Waals surface area contributed by atoms with Gasteiger partial charge in [-0.2, -0.15) is 0 Å². The minimum atomic E-state index is -0.291. The fraction of sp³-hybridized carbons (Fsp3) is 0.635. The second-order valence-corrected chi connectivity index (χ2v) is 38.4. The van der Waals surface area contributed by atoms with Crippen LogP contribution >= 0.6 is 0 Å². The number of benzene rings is 7. The van der Waals surface area contributed by atoms with E-state index in [4.69, 9.17) is 14.2 Å². The molecule has 4 fully saturated rings. The number of Topliss-reactive ketones (excluding diaryl/α,β-unsaturated/α-hetero) is 1. The third-order valence-corrected chi connectivity index (χ3v) is 25.9. The second kappa shape index (κ2) is 75.9. The number of ether oxygens (including phenoxy) is 3. The van der Waals surface area contributed by atoms with Crippen LogP contribution in [0.1, 0.15) is 493 Å². The Morgan fingerprint density at radius 1 is 0.304 bits per heavy atom. The zero-order valence-corrected chi connectivity index (χ0v) is 96.4.